The maximum Gasteiger partial charge on any atom is 0.326 e. The van der Waals surface area contributed by atoms with Crippen molar-refractivity contribution >= 4 is 40.8 Å². The first-order chi connectivity index (χ1) is 13.5. The highest BCUT2D eigenvalue weighted by Crippen LogP contribution is 2.33. The standard InChI is InChI=1S/C21H16Cl2N2O3/c1-28-19-11-10-15(12-17(19)13-6-8-14(22)9-7-13)24-21(27)25-20(26)16-4-2-3-5-18(16)23/h2-12H,1H3,(H2,24,25,26,27). The molecule has 0 saturated carbocycles. The summed E-state index contributed by atoms with van der Waals surface area (Å²) in [5, 5.41) is 5.78. The number of methoxy groups -OCH3 is 1. The Kier molecular flexibility index (Phi) is 6.19. The smallest absolute Gasteiger partial charge is 0.326 e. The molecule has 0 saturated heterocycles. The van der Waals surface area contributed by atoms with Crippen LogP contribution in [0.3, 0.4) is 0 Å². The van der Waals surface area contributed by atoms with Crippen molar-refractivity contribution in [3.8, 4) is 16.9 Å². The average Bonchev–Trinajstić information content (AvgIpc) is 2.68. The molecule has 0 unspecified atom stereocenters. The van der Waals surface area contributed by atoms with Gasteiger partial charge in [-0.25, -0.2) is 4.79 Å². The van der Waals surface area contributed by atoms with E-state index in [0.717, 1.165) is 11.1 Å². The number of rotatable bonds is 4. The lowest BCUT2D eigenvalue weighted by Crippen LogP contribution is -2.34. The molecule has 0 aliphatic heterocycles. The monoisotopic (exact) mass is 414 g/mol. The Hall–Kier alpha value is -3.02. The first-order valence-corrected chi connectivity index (χ1v) is 9.04. The van der Waals surface area contributed by atoms with Crippen LogP contribution in [-0.4, -0.2) is 19.0 Å². The number of nitrogens with one attached hydrogen (secondary N) is 2. The van der Waals surface area contributed by atoms with Crippen LogP contribution in [0.1, 0.15) is 10.4 Å². The minimum absolute atomic E-state index is 0.218. The number of anilines is 1. The number of hydrogen-bond donors (Lipinski definition) is 2. The van der Waals surface area contributed by atoms with E-state index in [0.29, 0.717) is 16.5 Å². The predicted octanol–water partition coefficient (Wildman–Crippen LogP) is 5.63. The summed E-state index contributed by atoms with van der Waals surface area (Å²) in [6, 6.07) is 18.2. The van der Waals surface area contributed by atoms with Crippen molar-refractivity contribution in [2.45, 2.75) is 0 Å². The molecule has 3 aromatic rings. The van der Waals surface area contributed by atoms with E-state index in [-0.39, 0.29) is 10.6 Å². The second-order valence-electron chi connectivity index (χ2n) is 5.81. The molecule has 3 aromatic carbocycles. The molecule has 2 N–H and O–H groups in total. The maximum absolute atomic E-state index is 12.2. The molecule has 3 amide bonds. The summed E-state index contributed by atoms with van der Waals surface area (Å²) in [7, 11) is 1.57. The largest absolute Gasteiger partial charge is 0.496 e. The van der Waals surface area contributed by atoms with Crippen molar-refractivity contribution in [1.29, 1.82) is 0 Å². The molecule has 7 heteroatoms. The molecule has 0 spiro atoms. The lowest BCUT2D eigenvalue weighted by molar-refractivity contribution is 0.0967. The van der Waals surface area contributed by atoms with Gasteiger partial charge < -0.3 is 10.1 Å². The molecule has 0 heterocycles. The van der Waals surface area contributed by atoms with Gasteiger partial charge in [-0.3, -0.25) is 10.1 Å². The van der Waals surface area contributed by atoms with Crippen LogP contribution in [0.25, 0.3) is 11.1 Å². The van der Waals surface area contributed by atoms with Gasteiger partial charge in [-0.2, -0.15) is 0 Å². The van der Waals surface area contributed by atoms with Gasteiger partial charge in [-0.1, -0.05) is 47.5 Å². The fourth-order valence-electron chi connectivity index (χ4n) is 2.62. The van der Waals surface area contributed by atoms with Gasteiger partial charge in [0.15, 0.2) is 0 Å². The summed E-state index contributed by atoms with van der Waals surface area (Å²) < 4.78 is 5.40. The first-order valence-electron chi connectivity index (χ1n) is 8.29. The van der Waals surface area contributed by atoms with E-state index < -0.39 is 11.9 Å². The topological polar surface area (TPSA) is 67.4 Å². The molecule has 5 nitrogen and oxygen atoms in total. The molecule has 0 aliphatic rings. The van der Waals surface area contributed by atoms with E-state index in [4.69, 9.17) is 27.9 Å². The van der Waals surface area contributed by atoms with Crippen molar-refractivity contribution in [2.75, 3.05) is 12.4 Å². The van der Waals surface area contributed by atoms with Gasteiger partial charge >= 0.3 is 6.03 Å². The molecular weight excluding hydrogens is 399 g/mol. The minimum Gasteiger partial charge on any atom is -0.496 e. The number of hydrogen-bond acceptors (Lipinski definition) is 3. The van der Waals surface area contributed by atoms with Crippen LogP contribution in [0.4, 0.5) is 10.5 Å². The molecule has 0 radical (unpaired) electrons. The third-order valence-corrected chi connectivity index (χ3v) is 4.54. The zero-order valence-electron chi connectivity index (χ0n) is 14.8. The number of amides is 3. The van der Waals surface area contributed by atoms with Crippen molar-refractivity contribution in [1.82, 2.24) is 5.32 Å². The summed E-state index contributed by atoms with van der Waals surface area (Å²) in [4.78, 5) is 24.4. The molecule has 0 aromatic heterocycles. The molecular formula is C21H16Cl2N2O3. The van der Waals surface area contributed by atoms with Gasteiger partial charge in [-0.15, -0.1) is 0 Å². The Morgan fingerprint density at radius 3 is 2.32 bits per heavy atom. The number of ether oxygens (including phenoxy) is 1. The van der Waals surface area contributed by atoms with Gasteiger partial charge in [0.05, 0.1) is 17.7 Å². The number of benzene rings is 3. The van der Waals surface area contributed by atoms with Crippen LogP contribution < -0.4 is 15.4 Å². The van der Waals surface area contributed by atoms with Crippen molar-refractivity contribution in [2.24, 2.45) is 0 Å². The maximum atomic E-state index is 12.2. The van der Waals surface area contributed by atoms with Crippen molar-refractivity contribution < 1.29 is 14.3 Å². The Morgan fingerprint density at radius 2 is 1.64 bits per heavy atom. The summed E-state index contributed by atoms with van der Waals surface area (Å²) >= 11 is 11.9. The van der Waals surface area contributed by atoms with Gasteiger partial charge in [0.2, 0.25) is 0 Å². The molecule has 0 fully saturated rings. The molecule has 0 aliphatic carbocycles. The summed E-state index contributed by atoms with van der Waals surface area (Å²) in [5.74, 6) is 0.0509. The Morgan fingerprint density at radius 1 is 0.929 bits per heavy atom. The van der Waals surface area contributed by atoms with Gasteiger partial charge in [-0.05, 0) is 48.0 Å². The lowest BCUT2D eigenvalue weighted by Gasteiger charge is -2.12. The van der Waals surface area contributed by atoms with E-state index in [2.05, 4.69) is 10.6 Å². The number of urea groups is 1. The van der Waals surface area contributed by atoms with Crippen molar-refractivity contribution in [3.05, 3.63) is 82.3 Å². The highest BCUT2D eigenvalue weighted by Gasteiger charge is 2.14. The van der Waals surface area contributed by atoms with E-state index >= 15 is 0 Å². The van der Waals surface area contributed by atoms with Crippen LogP contribution >= 0.6 is 23.2 Å². The average molecular weight is 415 g/mol. The zero-order chi connectivity index (χ0) is 20.1. The van der Waals surface area contributed by atoms with E-state index in [1.807, 2.05) is 12.1 Å². The Balaban J connectivity index is 1.78. The molecule has 0 atom stereocenters. The number of imide groups is 1. The van der Waals surface area contributed by atoms with Crippen molar-refractivity contribution in [3.63, 3.8) is 0 Å². The zero-order valence-corrected chi connectivity index (χ0v) is 16.3. The number of carbonyl (C=O) groups is 2. The highest BCUT2D eigenvalue weighted by molar-refractivity contribution is 6.34. The summed E-state index contributed by atoms with van der Waals surface area (Å²) in [6.45, 7) is 0. The van der Waals surface area contributed by atoms with Crippen LogP contribution in [-0.2, 0) is 0 Å². The summed E-state index contributed by atoms with van der Waals surface area (Å²) in [6.07, 6.45) is 0. The Labute approximate surface area is 172 Å². The highest BCUT2D eigenvalue weighted by atomic mass is 35.5. The van der Waals surface area contributed by atoms with Crippen LogP contribution in [0, 0.1) is 0 Å². The molecule has 3 rings (SSSR count). The molecule has 0 bridgehead atoms. The minimum atomic E-state index is -0.669. The number of carbonyl (C=O) groups excluding carboxylic acids is 2. The van der Waals surface area contributed by atoms with E-state index in [9.17, 15) is 9.59 Å². The third kappa shape index (κ3) is 4.63. The van der Waals surface area contributed by atoms with Gasteiger partial charge in [0.1, 0.15) is 5.75 Å². The summed E-state index contributed by atoms with van der Waals surface area (Å²) in [5.41, 5.74) is 2.36. The Bertz CT molecular complexity index is 1020. The number of halogens is 2. The predicted molar refractivity (Wildman–Crippen MR) is 111 cm³/mol. The second kappa shape index (κ2) is 8.78. The second-order valence-corrected chi connectivity index (χ2v) is 6.65. The normalized spacial score (nSPS) is 10.2. The fourth-order valence-corrected chi connectivity index (χ4v) is 2.97. The van der Waals surface area contributed by atoms with Crippen LogP contribution in [0.15, 0.2) is 66.7 Å². The molecule has 142 valence electrons. The molecule has 28 heavy (non-hydrogen) atoms. The van der Waals surface area contributed by atoms with Gasteiger partial charge in [0.25, 0.3) is 5.91 Å². The van der Waals surface area contributed by atoms with Crippen LogP contribution in [0.2, 0.25) is 10.0 Å². The lowest BCUT2D eigenvalue weighted by atomic mass is 10.0. The quantitative estimate of drug-likeness (QED) is 0.580. The van der Waals surface area contributed by atoms with Gasteiger partial charge in [0, 0.05) is 16.3 Å². The third-order valence-electron chi connectivity index (χ3n) is 3.96. The van der Waals surface area contributed by atoms with E-state index in [1.54, 1.807) is 55.6 Å². The van der Waals surface area contributed by atoms with Crippen LogP contribution in [0.5, 0.6) is 5.75 Å². The van der Waals surface area contributed by atoms with E-state index in [1.165, 1.54) is 6.07 Å². The SMILES string of the molecule is COc1ccc(NC(=O)NC(=O)c2ccccc2Cl)cc1-c1ccc(Cl)cc1. The first kappa shape index (κ1) is 19.7. The fraction of sp³-hybridized carbons (Fsp3) is 0.0476.